The number of nitrogens with one attached hydrogen (secondary N) is 2. The number of amides is 1. The van der Waals surface area contributed by atoms with Gasteiger partial charge in [0.2, 0.25) is 0 Å². The summed E-state index contributed by atoms with van der Waals surface area (Å²) in [5.74, 6) is 0.157. The molecule has 0 spiro atoms. The van der Waals surface area contributed by atoms with E-state index in [4.69, 9.17) is 16.3 Å². The molecule has 0 saturated heterocycles. The minimum atomic E-state index is -0.293. The highest BCUT2D eigenvalue weighted by Gasteiger charge is 2.13. The number of H-pyrrole nitrogens is 1. The van der Waals surface area contributed by atoms with Crippen LogP contribution in [0.5, 0.6) is 5.75 Å². The summed E-state index contributed by atoms with van der Waals surface area (Å²) >= 11 is 5.97. The van der Waals surface area contributed by atoms with Crippen LogP contribution < -0.4 is 15.6 Å². The third-order valence-corrected chi connectivity index (χ3v) is 4.95. The first-order valence-electron chi connectivity index (χ1n) is 8.64. The lowest BCUT2D eigenvalue weighted by Crippen LogP contribution is -2.27. The number of ether oxygens (including phenoxy) is 1. The van der Waals surface area contributed by atoms with E-state index in [9.17, 15) is 9.59 Å². The maximum Gasteiger partial charge on any atom is 0.255 e. The van der Waals surface area contributed by atoms with E-state index in [1.54, 1.807) is 18.2 Å². The molecule has 0 aliphatic carbocycles. The minimum absolute atomic E-state index is 0.134. The van der Waals surface area contributed by atoms with Gasteiger partial charge in [-0.05, 0) is 61.0 Å². The van der Waals surface area contributed by atoms with Gasteiger partial charge in [0.05, 0.1) is 18.2 Å². The molecule has 1 heterocycles. The Morgan fingerprint density at radius 2 is 1.96 bits per heavy atom. The lowest BCUT2D eigenvalue weighted by atomic mass is 10.0. The van der Waals surface area contributed by atoms with Crippen molar-refractivity contribution >= 4 is 28.4 Å². The monoisotopic (exact) mass is 384 g/mol. The molecule has 0 radical (unpaired) electrons. The molecule has 3 rings (SSSR count). The first-order valence-corrected chi connectivity index (χ1v) is 9.02. The van der Waals surface area contributed by atoms with E-state index >= 15 is 0 Å². The van der Waals surface area contributed by atoms with Crippen molar-refractivity contribution in [3.05, 3.63) is 74.0 Å². The van der Waals surface area contributed by atoms with Crippen LogP contribution in [0.15, 0.2) is 41.2 Å². The fourth-order valence-corrected chi connectivity index (χ4v) is 3.19. The number of benzene rings is 2. The molecule has 0 bridgehead atoms. The zero-order chi connectivity index (χ0) is 19.6. The summed E-state index contributed by atoms with van der Waals surface area (Å²) in [6, 6.07) is 10.8. The molecule has 0 unspecified atom stereocenters. The SMILES string of the molecule is COc1ccc(Cl)cc1C(=O)NCCc1cc2ccc(C)c(C)c2[nH]c1=O. The highest BCUT2D eigenvalue weighted by atomic mass is 35.5. The smallest absolute Gasteiger partial charge is 0.255 e. The van der Waals surface area contributed by atoms with E-state index in [2.05, 4.69) is 10.3 Å². The molecule has 6 heteroatoms. The average Bonchev–Trinajstić information content (AvgIpc) is 2.65. The fraction of sp³-hybridized carbons (Fsp3) is 0.238. The van der Waals surface area contributed by atoms with Crippen LogP contribution in [-0.4, -0.2) is 24.5 Å². The van der Waals surface area contributed by atoms with Crippen LogP contribution in [0.1, 0.15) is 27.0 Å². The Balaban J connectivity index is 1.75. The van der Waals surface area contributed by atoms with Gasteiger partial charge in [-0.3, -0.25) is 9.59 Å². The summed E-state index contributed by atoms with van der Waals surface area (Å²) in [5.41, 5.74) is 3.92. The molecule has 2 N–H and O–H groups in total. The molecule has 0 aliphatic heterocycles. The van der Waals surface area contributed by atoms with Gasteiger partial charge in [-0.15, -0.1) is 0 Å². The van der Waals surface area contributed by atoms with Crippen LogP contribution in [0.25, 0.3) is 10.9 Å². The Morgan fingerprint density at radius 3 is 2.70 bits per heavy atom. The van der Waals surface area contributed by atoms with Crippen LogP contribution in [0.3, 0.4) is 0 Å². The van der Waals surface area contributed by atoms with Crippen molar-refractivity contribution in [1.29, 1.82) is 0 Å². The summed E-state index contributed by atoms with van der Waals surface area (Å²) in [6.07, 6.45) is 0.423. The Kier molecular flexibility index (Phi) is 5.51. The Bertz CT molecular complexity index is 1070. The largest absolute Gasteiger partial charge is 0.496 e. The van der Waals surface area contributed by atoms with Crippen molar-refractivity contribution < 1.29 is 9.53 Å². The lowest BCUT2D eigenvalue weighted by Gasteiger charge is -2.10. The topological polar surface area (TPSA) is 71.2 Å². The fourth-order valence-electron chi connectivity index (χ4n) is 3.02. The quantitative estimate of drug-likeness (QED) is 0.703. The van der Waals surface area contributed by atoms with Crippen LogP contribution in [0.2, 0.25) is 5.02 Å². The van der Waals surface area contributed by atoms with E-state index in [1.807, 2.05) is 32.0 Å². The van der Waals surface area contributed by atoms with E-state index in [0.717, 1.165) is 22.0 Å². The van der Waals surface area contributed by atoms with Gasteiger partial charge in [-0.25, -0.2) is 0 Å². The normalized spacial score (nSPS) is 10.8. The maximum absolute atomic E-state index is 12.4. The highest BCUT2D eigenvalue weighted by molar-refractivity contribution is 6.31. The molecule has 1 aromatic heterocycles. The Morgan fingerprint density at radius 1 is 1.19 bits per heavy atom. The Hall–Kier alpha value is -2.79. The lowest BCUT2D eigenvalue weighted by molar-refractivity contribution is 0.0951. The van der Waals surface area contributed by atoms with Gasteiger partial charge in [0.1, 0.15) is 5.75 Å². The van der Waals surface area contributed by atoms with Gasteiger partial charge >= 0.3 is 0 Å². The van der Waals surface area contributed by atoms with Gasteiger partial charge in [-0.1, -0.05) is 23.7 Å². The van der Waals surface area contributed by atoms with Crippen molar-refractivity contribution in [3.63, 3.8) is 0 Å². The number of pyridine rings is 1. The number of halogens is 1. The number of rotatable bonds is 5. The van der Waals surface area contributed by atoms with Gasteiger partial charge in [0, 0.05) is 17.1 Å². The number of aromatic amines is 1. The van der Waals surface area contributed by atoms with E-state index < -0.39 is 0 Å². The second-order valence-electron chi connectivity index (χ2n) is 6.45. The second-order valence-corrected chi connectivity index (χ2v) is 6.88. The number of aryl methyl sites for hydroxylation is 2. The number of methoxy groups -OCH3 is 1. The zero-order valence-corrected chi connectivity index (χ0v) is 16.2. The average molecular weight is 385 g/mol. The second kappa shape index (κ2) is 7.84. The summed E-state index contributed by atoms with van der Waals surface area (Å²) in [6.45, 7) is 4.33. The molecule has 0 aliphatic rings. The molecule has 5 nitrogen and oxygen atoms in total. The molecule has 0 atom stereocenters. The summed E-state index contributed by atoms with van der Waals surface area (Å²) in [4.78, 5) is 27.7. The predicted octanol–water partition coefficient (Wildman–Crippen LogP) is 3.78. The standard InChI is InChI=1S/C21H21ClN2O3/c1-12-4-5-14-10-15(20(25)24-19(14)13(12)2)8-9-23-21(26)17-11-16(22)6-7-18(17)27-3/h4-7,10-11H,8-9H2,1-3H3,(H,23,26)(H,24,25). The molecule has 0 fully saturated rings. The van der Waals surface area contributed by atoms with E-state index in [0.29, 0.717) is 34.9 Å². The van der Waals surface area contributed by atoms with Crippen molar-refractivity contribution in [2.24, 2.45) is 0 Å². The van der Waals surface area contributed by atoms with Gasteiger partial charge < -0.3 is 15.0 Å². The molecule has 1 amide bonds. The van der Waals surface area contributed by atoms with Crippen molar-refractivity contribution in [2.75, 3.05) is 13.7 Å². The zero-order valence-electron chi connectivity index (χ0n) is 15.5. The summed E-state index contributed by atoms with van der Waals surface area (Å²) < 4.78 is 5.20. The predicted molar refractivity (Wildman–Crippen MR) is 108 cm³/mol. The Labute approximate surface area is 162 Å². The number of carbonyl (C=O) groups excluding carboxylic acids is 1. The number of carbonyl (C=O) groups is 1. The van der Waals surface area contributed by atoms with Crippen molar-refractivity contribution in [3.8, 4) is 5.75 Å². The molecular formula is C21H21ClN2O3. The van der Waals surface area contributed by atoms with Crippen LogP contribution in [0, 0.1) is 13.8 Å². The molecule has 27 heavy (non-hydrogen) atoms. The number of aromatic nitrogens is 1. The van der Waals surface area contributed by atoms with Gasteiger partial charge in [0.25, 0.3) is 11.5 Å². The minimum Gasteiger partial charge on any atom is -0.496 e. The van der Waals surface area contributed by atoms with E-state index in [-0.39, 0.29) is 11.5 Å². The third-order valence-electron chi connectivity index (χ3n) is 4.71. The van der Waals surface area contributed by atoms with Gasteiger partial charge in [0.15, 0.2) is 0 Å². The first-order chi connectivity index (χ1) is 12.9. The molecule has 140 valence electrons. The first kappa shape index (κ1) is 19.0. The highest BCUT2D eigenvalue weighted by Crippen LogP contribution is 2.22. The molecular weight excluding hydrogens is 364 g/mol. The molecule has 3 aromatic rings. The number of hydrogen-bond acceptors (Lipinski definition) is 3. The van der Waals surface area contributed by atoms with Gasteiger partial charge in [-0.2, -0.15) is 0 Å². The summed E-state index contributed by atoms with van der Waals surface area (Å²) in [5, 5.41) is 4.25. The summed E-state index contributed by atoms with van der Waals surface area (Å²) in [7, 11) is 1.50. The maximum atomic E-state index is 12.4. The van der Waals surface area contributed by atoms with Crippen LogP contribution >= 0.6 is 11.6 Å². The number of hydrogen-bond donors (Lipinski definition) is 2. The van der Waals surface area contributed by atoms with Crippen molar-refractivity contribution in [1.82, 2.24) is 10.3 Å². The van der Waals surface area contributed by atoms with Crippen molar-refractivity contribution in [2.45, 2.75) is 20.3 Å². The van der Waals surface area contributed by atoms with Crippen LogP contribution in [0.4, 0.5) is 0 Å². The number of fused-ring (bicyclic) bond motifs is 1. The molecule has 0 saturated carbocycles. The van der Waals surface area contributed by atoms with E-state index in [1.165, 1.54) is 7.11 Å². The molecule has 2 aromatic carbocycles. The third kappa shape index (κ3) is 3.98. The van der Waals surface area contributed by atoms with Crippen LogP contribution in [-0.2, 0) is 6.42 Å².